The number of halogens is 3. The summed E-state index contributed by atoms with van der Waals surface area (Å²) in [7, 11) is 0. The summed E-state index contributed by atoms with van der Waals surface area (Å²) >= 11 is 0. The molecule has 0 fully saturated rings. The molecule has 0 spiro atoms. The highest BCUT2D eigenvalue weighted by Crippen LogP contribution is 2.33. The fraction of sp³-hybridized carbons (Fsp3) is 0.357. The second-order valence-electron chi connectivity index (χ2n) is 4.79. The van der Waals surface area contributed by atoms with Crippen molar-refractivity contribution >= 4 is 5.69 Å². The van der Waals surface area contributed by atoms with Gasteiger partial charge < -0.3 is 5.32 Å². The molecule has 0 saturated heterocycles. The Hall–Kier alpha value is -1.98. The average molecular weight is 283 g/mol. The van der Waals surface area contributed by atoms with Crippen molar-refractivity contribution in [2.45, 2.75) is 33.5 Å². The number of rotatable bonds is 3. The third-order valence-electron chi connectivity index (χ3n) is 3.29. The van der Waals surface area contributed by atoms with Gasteiger partial charge >= 0.3 is 6.18 Å². The van der Waals surface area contributed by atoms with Gasteiger partial charge in [-0.05, 0) is 38.5 Å². The third-order valence-corrected chi connectivity index (χ3v) is 3.29. The Morgan fingerprint density at radius 1 is 1.20 bits per heavy atom. The molecule has 0 aliphatic carbocycles. The summed E-state index contributed by atoms with van der Waals surface area (Å²) in [6.45, 7) is 5.63. The summed E-state index contributed by atoms with van der Waals surface area (Å²) in [5, 5.41) is 9.91. The summed E-state index contributed by atoms with van der Waals surface area (Å²) in [6.07, 6.45) is -4.33. The van der Waals surface area contributed by atoms with Crippen LogP contribution in [0.1, 0.15) is 28.1 Å². The first-order chi connectivity index (χ1) is 9.29. The van der Waals surface area contributed by atoms with Gasteiger partial charge in [0.2, 0.25) is 0 Å². The molecule has 0 saturated carbocycles. The zero-order chi connectivity index (χ0) is 14.9. The standard InChI is InChI=1S/C14H16F3N3/c1-8-4-5-11(6-13(8)14(15,16)17)18-7-12-9(2)19-20-10(12)3/h4-6,18H,7H2,1-3H3,(H,19,20). The summed E-state index contributed by atoms with van der Waals surface area (Å²) < 4.78 is 38.5. The number of nitrogens with one attached hydrogen (secondary N) is 2. The minimum absolute atomic E-state index is 0.221. The van der Waals surface area contributed by atoms with E-state index in [1.54, 1.807) is 6.07 Å². The minimum Gasteiger partial charge on any atom is -0.381 e. The van der Waals surface area contributed by atoms with Crippen LogP contribution in [-0.2, 0) is 12.7 Å². The molecule has 0 radical (unpaired) electrons. The Bertz CT molecular complexity index is 595. The van der Waals surface area contributed by atoms with Gasteiger partial charge in [-0.15, -0.1) is 0 Å². The Balaban J connectivity index is 2.19. The maximum atomic E-state index is 12.8. The van der Waals surface area contributed by atoms with Crippen LogP contribution >= 0.6 is 0 Å². The maximum Gasteiger partial charge on any atom is 0.416 e. The molecular formula is C14H16F3N3. The van der Waals surface area contributed by atoms with Gasteiger partial charge in [-0.3, -0.25) is 5.10 Å². The number of aromatic nitrogens is 2. The van der Waals surface area contributed by atoms with E-state index in [1.165, 1.54) is 13.0 Å². The van der Waals surface area contributed by atoms with Crippen LogP contribution in [0.3, 0.4) is 0 Å². The monoisotopic (exact) mass is 283 g/mol. The average Bonchev–Trinajstić information content (AvgIpc) is 2.67. The fourth-order valence-corrected chi connectivity index (χ4v) is 2.06. The van der Waals surface area contributed by atoms with E-state index in [0.717, 1.165) is 23.0 Å². The highest BCUT2D eigenvalue weighted by molar-refractivity contribution is 5.50. The second kappa shape index (κ2) is 5.19. The van der Waals surface area contributed by atoms with Gasteiger partial charge in [0, 0.05) is 23.5 Å². The SMILES string of the molecule is Cc1ccc(NCc2c(C)n[nH]c2C)cc1C(F)(F)F. The molecule has 0 atom stereocenters. The smallest absolute Gasteiger partial charge is 0.381 e. The van der Waals surface area contributed by atoms with Crippen molar-refractivity contribution in [3.63, 3.8) is 0 Å². The van der Waals surface area contributed by atoms with E-state index in [1.807, 2.05) is 13.8 Å². The van der Waals surface area contributed by atoms with Gasteiger partial charge in [-0.2, -0.15) is 18.3 Å². The number of nitrogens with zero attached hydrogens (tertiary/aromatic N) is 1. The molecule has 0 aliphatic heterocycles. The van der Waals surface area contributed by atoms with Crippen molar-refractivity contribution in [3.05, 3.63) is 46.3 Å². The van der Waals surface area contributed by atoms with E-state index >= 15 is 0 Å². The number of H-pyrrole nitrogens is 1. The molecular weight excluding hydrogens is 267 g/mol. The van der Waals surface area contributed by atoms with Crippen LogP contribution in [0.15, 0.2) is 18.2 Å². The minimum atomic E-state index is -4.33. The van der Waals surface area contributed by atoms with Crippen LogP contribution in [0.4, 0.5) is 18.9 Å². The predicted octanol–water partition coefficient (Wildman–Crippen LogP) is 3.97. The Morgan fingerprint density at radius 2 is 1.90 bits per heavy atom. The van der Waals surface area contributed by atoms with Crippen LogP contribution in [0.2, 0.25) is 0 Å². The number of alkyl halides is 3. The molecule has 1 aromatic heterocycles. The number of aryl methyl sites for hydroxylation is 3. The molecule has 1 heterocycles. The molecule has 0 aliphatic rings. The lowest BCUT2D eigenvalue weighted by Crippen LogP contribution is -2.09. The molecule has 0 amide bonds. The van der Waals surface area contributed by atoms with Crippen LogP contribution in [0.25, 0.3) is 0 Å². The Kier molecular flexibility index (Phi) is 3.74. The number of aromatic amines is 1. The van der Waals surface area contributed by atoms with Crippen LogP contribution in [-0.4, -0.2) is 10.2 Å². The molecule has 108 valence electrons. The van der Waals surface area contributed by atoms with E-state index in [2.05, 4.69) is 15.5 Å². The summed E-state index contributed by atoms with van der Waals surface area (Å²) in [4.78, 5) is 0. The topological polar surface area (TPSA) is 40.7 Å². The largest absolute Gasteiger partial charge is 0.416 e. The van der Waals surface area contributed by atoms with Gasteiger partial charge in [0.25, 0.3) is 0 Å². The van der Waals surface area contributed by atoms with Crippen LogP contribution in [0, 0.1) is 20.8 Å². The molecule has 3 nitrogen and oxygen atoms in total. The summed E-state index contributed by atoms with van der Waals surface area (Å²) in [5.41, 5.74) is 2.79. The Labute approximate surface area is 115 Å². The highest BCUT2D eigenvalue weighted by Gasteiger charge is 2.32. The first-order valence-electron chi connectivity index (χ1n) is 6.21. The zero-order valence-electron chi connectivity index (χ0n) is 11.5. The maximum absolute atomic E-state index is 12.8. The molecule has 2 N–H and O–H groups in total. The summed E-state index contributed by atoms with van der Waals surface area (Å²) in [6, 6.07) is 4.26. The van der Waals surface area contributed by atoms with Crippen molar-refractivity contribution in [1.82, 2.24) is 10.2 Å². The second-order valence-corrected chi connectivity index (χ2v) is 4.79. The third kappa shape index (κ3) is 2.95. The molecule has 6 heteroatoms. The van der Waals surface area contributed by atoms with E-state index in [0.29, 0.717) is 12.2 Å². The van der Waals surface area contributed by atoms with Crippen LogP contribution in [0.5, 0.6) is 0 Å². The highest BCUT2D eigenvalue weighted by atomic mass is 19.4. The normalized spacial score (nSPS) is 11.7. The molecule has 0 bridgehead atoms. The Morgan fingerprint density at radius 3 is 2.45 bits per heavy atom. The zero-order valence-corrected chi connectivity index (χ0v) is 11.5. The van der Waals surface area contributed by atoms with E-state index < -0.39 is 11.7 Å². The van der Waals surface area contributed by atoms with Crippen molar-refractivity contribution in [2.24, 2.45) is 0 Å². The molecule has 20 heavy (non-hydrogen) atoms. The lowest BCUT2D eigenvalue weighted by molar-refractivity contribution is -0.138. The lowest BCUT2D eigenvalue weighted by Gasteiger charge is -2.13. The number of hydrogen-bond donors (Lipinski definition) is 2. The van der Waals surface area contributed by atoms with Gasteiger partial charge in [0.15, 0.2) is 0 Å². The van der Waals surface area contributed by atoms with E-state index in [4.69, 9.17) is 0 Å². The van der Waals surface area contributed by atoms with Crippen molar-refractivity contribution < 1.29 is 13.2 Å². The van der Waals surface area contributed by atoms with Crippen molar-refractivity contribution in [1.29, 1.82) is 0 Å². The quantitative estimate of drug-likeness (QED) is 0.895. The van der Waals surface area contributed by atoms with Crippen LogP contribution < -0.4 is 5.32 Å². The van der Waals surface area contributed by atoms with Gasteiger partial charge in [0.05, 0.1) is 11.3 Å². The molecule has 1 aromatic carbocycles. The van der Waals surface area contributed by atoms with Gasteiger partial charge in [-0.1, -0.05) is 6.07 Å². The first kappa shape index (κ1) is 14.4. The molecule has 0 unspecified atom stereocenters. The predicted molar refractivity (Wildman–Crippen MR) is 71.6 cm³/mol. The van der Waals surface area contributed by atoms with Crippen molar-refractivity contribution in [2.75, 3.05) is 5.32 Å². The van der Waals surface area contributed by atoms with Gasteiger partial charge in [0.1, 0.15) is 0 Å². The number of hydrogen-bond acceptors (Lipinski definition) is 2. The summed E-state index contributed by atoms with van der Waals surface area (Å²) in [5.74, 6) is 0. The van der Waals surface area contributed by atoms with E-state index in [9.17, 15) is 13.2 Å². The first-order valence-corrected chi connectivity index (χ1v) is 6.21. The number of benzene rings is 1. The van der Waals surface area contributed by atoms with Gasteiger partial charge in [-0.25, -0.2) is 0 Å². The van der Waals surface area contributed by atoms with E-state index in [-0.39, 0.29) is 5.56 Å². The lowest BCUT2D eigenvalue weighted by atomic mass is 10.1. The number of anilines is 1. The van der Waals surface area contributed by atoms with Crippen molar-refractivity contribution in [3.8, 4) is 0 Å². The molecule has 2 rings (SSSR count). The fourth-order valence-electron chi connectivity index (χ4n) is 2.06. The molecule has 2 aromatic rings.